The van der Waals surface area contributed by atoms with Crippen molar-refractivity contribution >= 4 is 17.4 Å². The molecule has 144 valence electrons. The number of benzene rings is 2. The highest BCUT2D eigenvalue weighted by atomic mass is 19.1. The third-order valence-electron chi connectivity index (χ3n) is 4.50. The van der Waals surface area contributed by atoms with Crippen molar-refractivity contribution in [2.75, 3.05) is 17.4 Å². The minimum Gasteiger partial charge on any atom is -0.454 e. The highest BCUT2D eigenvalue weighted by Gasteiger charge is 2.17. The Kier molecular flexibility index (Phi) is 4.60. The largest absolute Gasteiger partial charge is 0.454 e. The second-order valence-electron chi connectivity index (χ2n) is 6.48. The van der Waals surface area contributed by atoms with Gasteiger partial charge in [0.05, 0.1) is 23.6 Å². The Morgan fingerprint density at radius 2 is 1.86 bits per heavy atom. The van der Waals surface area contributed by atoms with Crippen LogP contribution in [0.5, 0.6) is 11.5 Å². The molecule has 8 heteroatoms. The molecule has 0 atom stereocenters. The molecule has 0 saturated heterocycles. The van der Waals surface area contributed by atoms with Crippen molar-refractivity contribution < 1.29 is 18.7 Å². The number of anilines is 2. The molecule has 2 N–H and O–H groups in total. The molecule has 0 fully saturated rings. The normalized spacial score (nSPS) is 12.1. The Hall–Kier alpha value is -3.55. The number of carbonyl (C=O) groups excluding carboxylic acids is 1. The third kappa shape index (κ3) is 3.62. The highest BCUT2D eigenvalue weighted by Crippen LogP contribution is 2.34. The SMILES string of the molecule is Cc1nn(Cc2ccc(F)cc2)c(C)c1NC(=O)Nc1ccc2c(c1)OCO2. The lowest BCUT2D eigenvalue weighted by atomic mass is 10.2. The van der Waals surface area contributed by atoms with E-state index in [1.54, 1.807) is 35.0 Å². The van der Waals surface area contributed by atoms with Crippen LogP contribution in [-0.4, -0.2) is 22.6 Å². The first kappa shape index (κ1) is 17.8. The monoisotopic (exact) mass is 382 g/mol. The summed E-state index contributed by atoms with van der Waals surface area (Å²) in [7, 11) is 0. The van der Waals surface area contributed by atoms with Crippen molar-refractivity contribution in [2.24, 2.45) is 0 Å². The van der Waals surface area contributed by atoms with Gasteiger partial charge in [-0.05, 0) is 43.7 Å². The Labute approximate surface area is 161 Å². The fraction of sp³-hybridized carbons (Fsp3) is 0.200. The number of carbonyl (C=O) groups is 1. The van der Waals surface area contributed by atoms with E-state index < -0.39 is 0 Å². The second-order valence-corrected chi connectivity index (χ2v) is 6.48. The number of nitrogens with zero attached hydrogens (tertiary/aromatic N) is 2. The molecule has 2 aromatic carbocycles. The molecule has 1 aromatic heterocycles. The van der Waals surface area contributed by atoms with Gasteiger partial charge < -0.3 is 20.1 Å². The molecule has 1 aliphatic rings. The number of urea groups is 1. The van der Waals surface area contributed by atoms with Gasteiger partial charge >= 0.3 is 6.03 Å². The van der Waals surface area contributed by atoms with Crippen LogP contribution in [0.3, 0.4) is 0 Å². The zero-order valence-corrected chi connectivity index (χ0v) is 15.5. The Morgan fingerprint density at radius 3 is 2.64 bits per heavy atom. The van der Waals surface area contributed by atoms with E-state index in [1.165, 1.54) is 12.1 Å². The number of nitrogens with one attached hydrogen (secondary N) is 2. The summed E-state index contributed by atoms with van der Waals surface area (Å²) in [5.41, 5.74) is 3.66. The number of rotatable bonds is 4. The molecular weight excluding hydrogens is 363 g/mol. The Bertz CT molecular complexity index is 1030. The van der Waals surface area contributed by atoms with Crippen LogP contribution in [-0.2, 0) is 6.54 Å². The molecule has 1 aliphatic heterocycles. The summed E-state index contributed by atoms with van der Waals surface area (Å²) < 4.78 is 25.4. The molecular formula is C20H19FN4O3. The minimum absolute atomic E-state index is 0.177. The van der Waals surface area contributed by atoms with E-state index in [0.29, 0.717) is 35.1 Å². The maximum absolute atomic E-state index is 13.1. The number of halogens is 1. The number of hydrogen-bond acceptors (Lipinski definition) is 4. The number of ether oxygens (including phenoxy) is 2. The van der Waals surface area contributed by atoms with Gasteiger partial charge in [0.25, 0.3) is 0 Å². The quantitative estimate of drug-likeness (QED) is 0.713. The third-order valence-corrected chi connectivity index (χ3v) is 4.50. The molecule has 28 heavy (non-hydrogen) atoms. The van der Waals surface area contributed by atoms with Gasteiger partial charge in [-0.2, -0.15) is 5.10 Å². The number of amides is 2. The van der Waals surface area contributed by atoms with E-state index in [0.717, 1.165) is 11.3 Å². The van der Waals surface area contributed by atoms with Gasteiger partial charge in [-0.25, -0.2) is 9.18 Å². The average molecular weight is 382 g/mol. The summed E-state index contributed by atoms with van der Waals surface area (Å²) in [6, 6.07) is 11.1. The first-order valence-electron chi connectivity index (χ1n) is 8.76. The number of fused-ring (bicyclic) bond motifs is 1. The van der Waals surface area contributed by atoms with Crippen molar-refractivity contribution in [3.8, 4) is 11.5 Å². The molecule has 2 amide bonds. The van der Waals surface area contributed by atoms with Crippen LogP contribution in [0.1, 0.15) is 17.0 Å². The van der Waals surface area contributed by atoms with Crippen LogP contribution in [0.25, 0.3) is 0 Å². The van der Waals surface area contributed by atoms with E-state index in [-0.39, 0.29) is 18.6 Å². The molecule has 0 bridgehead atoms. The predicted molar refractivity (Wildman–Crippen MR) is 102 cm³/mol. The molecule has 0 radical (unpaired) electrons. The summed E-state index contributed by atoms with van der Waals surface area (Å²) >= 11 is 0. The lowest BCUT2D eigenvalue weighted by Gasteiger charge is -2.09. The molecule has 0 saturated carbocycles. The van der Waals surface area contributed by atoms with Gasteiger partial charge in [-0.1, -0.05) is 12.1 Å². The summed E-state index contributed by atoms with van der Waals surface area (Å²) in [5, 5.41) is 10.1. The first-order valence-corrected chi connectivity index (χ1v) is 8.76. The molecule has 0 spiro atoms. The molecule has 4 rings (SSSR count). The topological polar surface area (TPSA) is 77.4 Å². The van der Waals surface area contributed by atoms with Crippen LogP contribution in [0.15, 0.2) is 42.5 Å². The van der Waals surface area contributed by atoms with Gasteiger partial charge in [0, 0.05) is 11.8 Å². The first-order chi connectivity index (χ1) is 13.5. The van der Waals surface area contributed by atoms with Crippen LogP contribution in [0.4, 0.5) is 20.6 Å². The van der Waals surface area contributed by atoms with E-state index >= 15 is 0 Å². The Balaban J connectivity index is 1.46. The second kappa shape index (κ2) is 7.22. The summed E-state index contributed by atoms with van der Waals surface area (Å²) in [6.45, 7) is 4.36. The van der Waals surface area contributed by atoms with Gasteiger partial charge in [0.2, 0.25) is 6.79 Å². The van der Waals surface area contributed by atoms with Crippen molar-refractivity contribution in [2.45, 2.75) is 20.4 Å². The summed E-state index contributed by atoms with van der Waals surface area (Å²) in [5.74, 6) is 0.969. The fourth-order valence-electron chi connectivity index (χ4n) is 3.04. The molecule has 3 aromatic rings. The maximum Gasteiger partial charge on any atom is 0.323 e. The molecule has 0 unspecified atom stereocenters. The van der Waals surface area contributed by atoms with E-state index in [9.17, 15) is 9.18 Å². The summed E-state index contributed by atoms with van der Waals surface area (Å²) in [6.07, 6.45) is 0. The number of aryl methyl sites for hydroxylation is 1. The van der Waals surface area contributed by atoms with Gasteiger partial charge in [-0.15, -0.1) is 0 Å². The van der Waals surface area contributed by atoms with E-state index in [1.807, 2.05) is 13.8 Å². The maximum atomic E-state index is 13.1. The summed E-state index contributed by atoms with van der Waals surface area (Å²) in [4.78, 5) is 12.4. The van der Waals surface area contributed by atoms with Crippen molar-refractivity contribution in [3.05, 3.63) is 65.2 Å². The van der Waals surface area contributed by atoms with E-state index in [2.05, 4.69) is 15.7 Å². The Morgan fingerprint density at radius 1 is 1.11 bits per heavy atom. The van der Waals surface area contributed by atoms with Gasteiger partial charge in [0.15, 0.2) is 11.5 Å². The van der Waals surface area contributed by atoms with Crippen molar-refractivity contribution in [1.29, 1.82) is 0 Å². The average Bonchev–Trinajstić information content (AvgIpc) is 3.23. The minimum atomic E-state index is -0.383. The van der Waals surface area contributed by atoms with Crippen molar-refractivity contribution in [1.82, 2.24) is 9.78 Å². The number of hydrogen-bond donors (Lipinski definition) is 2. The lowest BCUT2D eigenvalue weighted by Crippen LogP contribution is -2.20. The number of aromatic nitrogens is 2. The smallest absolute Gasteiger partial charge is 0.323 e. The van der Waals surface area contributed by atoms with Crippen LogP contribution in [0, 0.1) is 19.7 Å². The van der Waals surface area contributed by atoms with E-state index in [4.69, 9.17) is 9.47 Å². The van der Waals surface area contributed by atoms with Crippen LogP contribution >= 0.6 is 0 Å². The molecule has 7 nitrogen and oxygen atoms in total. The van der Waals surface area contributed by atoms with Crippen molar-refractivity contribution in [3.63, 3.8) is 0 Å². The zero-order valence-electron chi connectivity index (χ0n) is 15.5. The van der Waals surface area contributed by atoms with Crippen LogP contribution < -0.4 is 20.1 Å². The fourth-order valence-corrected chi connectivity index (χ4v) is 3.04. The van der Waals surface area contributed by atoms with Crippen LogP contribution in [0.2, 0.25) is 0 Å². The van der Waals surface area contributed by atoms with Gasteiger partial charge in [-0.3, -0.25) is 4.68 Å². The molecule has 2 heterocycles. The molecule has 0 aliphatic carbocycles. The lowest BCUT2D eigenvalue weighted by molar-refractivity contribution is 0.174. The zero-order chi connectivity index (χ0) is 19.7. The van der Waals surface area contributed by atoms with Gasteiger partial charge in [0.1, 0.15) is 5.82 Å². The highest BCUT2D eigenvalue weighted by molar-refractivity contribution is 6.00. The predicted octanol–water partition coefficient (Wildman–Crippen LogP) is 4.06. The standard InChI is InChI=1S/C20H19FN4O3/c1-12-19(13(2)25(24-12)10-14-3-5-15(21)6-4-14)23-20(26)22-16-7-8-17-18(9-16)28-11-27-17/h3-9H,10-11H2,1-2H3,(H2,22,23,26).